The van der Waals surface area contributed by atoms with Crippen molar-refractivity contribution < 1.29 is 19.4 Å². The van der Waals surface area contributed by atoms with Gasteiger partial charge >= 0.3 is 5.97 Å². The Balaban J connectivity index is 1.91. The van der Waals surface area contributed by atoms with Crippen molar-refractivity contribution in [2.45, 2.75) is 31.6 Å². The molecule has 2 rings (SSSR count). The summed E-state index contributed by atoms with van der Waals surface area (Å²) >= 11 is 0. The molecular weight excluding hydrogens is 246 g/mol. The van der Waals surface area contributed by atoms with Crippen molar-refractivity contribution in [1.29, 1.82) is 0 Å². The van der Waals surface area contributed by atoms with Gasteiger partial charge in [0.25, 0.3) is 5.91 Å². The molecule has 1 amide bonds. The van der Waals surface area contributed by atoms with Crippen molar-refractivity contribution in [3.63, 3.8) is 0 Å². The number of likely N-dealkylation sites (N-methyl/N-ethyl adjacent to an activating group) is 1. The molecule has 2 unspecified atom stereocenters. The molecular formula is C14H17NO4. The molecule has 1 saturated heterocycles. The fourth-order valence-corrected chi connectivity index (χ4v) is 2.18. The smallest absolute Gasteiger partial charge is 0.332 e. The second-order valence-corrected chi connectivity index (χ2v) is 4.71. The van der Waals surface area contributed by atoms with Gasteiger partial charge in [-0.1, -0.05) is 30.3 Å². The number of rotatable bonds is 4. The molecule has 1 aromatic rings. The standard InChI is InChI=1S/C14H17NO4/c1-15(9-10-5-3-2-4-6-10)13(16)11-7-8-12(19-11)14(17)18/h2-6,11-12H,7-9H2,1H3,(H,17,18). The molecule has 1 fully saturated rings. The molecule has 19 heavy (non-hydrogen) atoms. The first-order chi connectivity index (χ1) is 9.08. The summed E-state index contributed by atoms with van der Waals surface area (Å²) in [5.41, 5.74) is 1.03. The Morgan fingerprint density at radius 1 is 1.26 bits per heavy atom. The molecule has 1 aliphatic heterocycles. The topological polar surface area (TPSA) is 66.8 Å². The number of nitrogens with zero attached hydrogens (tertiary/aromatic N) is 1. The average molecular weight is 263 g/mol. The van der Waals surface area contributed by atoms with Crippen LogP contribution in [-0.4, -0.2) is 41.1 Å². The van der Waals surface area contributed by atoms with Crippen molar-refractivity contribution in [2.75, 3.05) is 7.05 Å². The Bertz CT molecular complexity index is 460. The summed E-state index contributed by atoms with van der Waals surface area (Å²) in [7, 11) is 1.70. The number of hydrogen-bond donors (Lipinski definition) is 1. The number of amides is 1. The summed E-state index contributed by atoms with van der Waals surface area (Å²) in [6.45, 7) is 0.497. The van der Waals surface area contributed by atoms with Gasteiger partial charge in [0.15, 0.2) is 6.10 Å². The highest BCUT2D eigenvalue weighted by Crippen LogP contribution is 2.21. The van der Waals surface area contributed by atoms with Crippen LogP contribution in [0.4, 0.5) is 0 Å². The second-order valence-electron chi connectivity index (χ2n) is 4.71. The minimum absolute atomic E-state index is 0.160. The average Bonchev–Trinajstić information content (AvgIpc) is 2.88. The van der Waals surface area contributed by atoms with E-state index in [0.29, 0.717) is 19.4 Å². The van der Waals surface area contributed by atoms with Gasteiger partial charge in [-0.15, -0.1) is 0 Å². The van der Waals surface area contributed by atoms with E-state index in [-0.39, 0.29) is 5.91 Å². The van der Waals surface area contributed by atoms with E-state index in [9.17, 15) is 9.59 Å². The van der Waals surface area contributed by atoms with Gasteiger partial charge in [0, 0.05) is 13.6 Å². The van der Waals surface area contributed by atoms with E-state index in [4.69, 9.17) is 9.84 Å². The lowest BCUT2D eigenvalue weighted by atomic mass is 10.1. The molecule has 0 bridgehead atoms. The van der Waals surface area contributed by atoms with Crippen molar-refractivity contribution in [1.82, 2.24) is 4.90 Å². The van der Waals surface area contributed by atoms with Crippen LogP contribution in [0.1, 0.15) is 18.4 Å². The Hall–Kier alpha value is -1.88. The van der Waals surface area contributed by atoms with Gasteiger partial charge < -0.3 is 14.7 Å². The molecule has 1 aromatic carbocycles. The minimum atomic E-state index is -0.999. The van der Waals surface area contributed by atoms with E-state index in [1.165, 1.54) is 0 Å². The van der Waals surface area contributed by atoms with Gasteiger partial charge in [0.05, 0.1) is 0 Å². The number of hydrogen-bond acceptors (Lipinski definition) is 3. The highest BCUT2D eigenvalue weighted by molar-refractivity contribution is 5.82. The molecule has 1 aliphatic rings. The van der Waals surface area contributed by atoms with Crippen LogP contribution in [0.5, 0.6) is 0 Å². The van der Waals surface area contributed by atoms with Crippen LogP contribution in [0.25, 0.3) is 0 Å². The van der Waals surface area contributed by atoms with Crippen LogP contribution in [0.2, 0.25) is 0 Å². The van der Waals surface area contributed by atoms with Gasteiger partial charge in [-0.05, 0) is 18.4 Å². The molecule has 102 valence electrons. The van der Waals surface area contributed by atoms with E-state index < -0.39 is 18.2 Å². The number of carbonyl (C=O) groups excluding carboxylic acids is 1. The lowest BCUT2D eigenvalue weighted by Crippen LogP contribution is -2.36. The van der Waals surface area contributed by atoms with Gasteiger partial charge in [-0.2, -0.15) is 0 Å². The minimum Gasteiger partial charge on any atom is -0.479 e. The monoisotopic (exact) mass is 263 g/mol. The largest absolute Gasteiger partial charge is 0.479 e. The predicted octanol–water partition coefficient (Wildman–Crippen LogP) is 1.28. The number of ether oxygens (including phenoxy) is 1. The van der Waals surface area contributed by atoms with Crippen LogP contribution in [0.3, 0.4) is 0 Å². The summed E-state index contributed by atoms with van der Waals surface area (Å²) in [6.07, 6.45) is -0.617. The summed E-state index contributed by atoms with van der Waals surface area (Å²) in [5.74, 6) is -1.16. The second kappa shape index (κ2) is 5.84. The van der Waals surface area contributed by atoms with Crippen molar-refractivity contribution in [3.8, 4) is 0 Å². The molecule has 5 nitrogen and oxygen atoms in total. The lowest BCUT2D eigenvalue weighted by molar-refractivity contribution is -0.154. The Morgan fingerprint density at radius 2 is 1.89 bits per heavy atom. The zero-order valence-electron chi connectivity index (χ0n) is 10.8. The number of benzene rings is 1. The molecule has 1 N–H and O–H groups in total. The van der Waals surface area contributed by atoms with Crippen molar-refractivity contribution in [3.05, 3.63) is 35.9 Å². The molecule has 2 atom stereocenters. The van der Waals surface area contributed by atoms with Crippen LogP contribution in [0.15, 0.2) is 30.3 Å². The van der Waals surface area contributed by atoms with Gasteiger partial charge in [-0.3, -0.25) is 4.79 Å². The van der Waals surface area contributed by atoms with Crippen LogP contribution >= 0.6 is 0 Å². The molecule has 0 radical (unpaired) electrons. The third-order valence-electron chi connectivity index (χ3n) is 3.21. The quantitative estimate of drug-likeness (QED) is 0.888. The Labute approximate surface area is 111 Å². The van der Waals surface area contributed by atoms with E-state index in [0.717, 1.165) is 5.56 Å². The molecule has 0 saturated carbocycles. The molecule has 0 aliphatic carbocycles. The van der Waals surface area contributed by atoms with E-state index >= 15 is 0 Å². The van der Waals surface area contributed by atoms with Crippen LogP contribution in [-0.2, 0) is 20.9 Å². The fraction of sp³-hybridized carbons (Fsp3) is 0.429. The first-order valence-electron chi connectivity index (χ1n) is 6.25. The van der Waals surface area contributed by atoms with Gasteiger partial charge in [0.1, 0.15) is 6.10 Å². The van der Waals surface area contributed by atoms with E-state index in [1.54, 1.807) is 11.9 Å². The molecule has 0 aromatic heterocycles. The zero-order valence-corrected chi connectivity index (χ0v) is 10.8. The number of carbonyl (C=O) groups is 2. The highest BCUT2D eigenvalue weighted by Gasteiger charge is 2.35. The van der Waals surface area contributed by atoms with Gasteiger partial charge in [-0.25, -0.2) is 4.79 Å². The van der Waals surface area contributed by atoms with Crippen molar-refractivity contribution >= 4 is 11.9 Å². The van der Waals surface area contributed by atoms with Crippen molar-refractivity contribution in [2.24, 2.45) is 0 Å². The Kier molecular flexibility index (Phi) is 4.16. The van der Waals surface area contributed by atoms with Crippen LogP contribution in [0, 0.1) is 0 Å². The van der Waals surface area contributed by atoms with E-state index in [2.05, 4.69) is 0 Å². The maximum Gasteiger partial charge on any atom is 0.332 e. The molecule has 5 heteroatoms. The SMILES string of the molecule is CN(Cc1ccccc1)C(=O)C1CCC(C(=O)O)O1. The number of carboxylic acids is 1. The number of aliphatic carboxylic acids is 1. The summed E-state index contributed by atoms with van der Waals surface area (Å²) in [5, 5.41) is 8.84. The highest BCUT2D eigenvalue weighted by atomic mass is 16.5. The number of carboxylic acid groups (broad SMARTS) is 1. The first kappa shape index (κ1) is 13.5. The maximum absolute atomic E-state index is 12.1. The summed E-state index contributed by atoms with van der Waals surface area (Å²) in [6, 6.07) is 9.64. The maximum atomic E-state index is 12.1. The third-order valence-corrected chi connectivity index (χ3v) is 3.21. The van der Waals surface area contributed by atoms with Gasteiger partial charge in [0.2, 0.25) is 0 Å². The summed E-state index contributed by atoms with van der Waals surface area (Å²) < 4.78 is 5.25. The Morgan fingerprint density at radius 3 is 2.47 bits per heavy atom. The normalized spacial score (nSPS) is 22.2. The zero-order chi connectivity index (χ0) is 13.8. The summed E-state index contributed by atoms with van der Waals surface area (Å²) in [4.78, 5) is 24.5. The van der Waals surface area contributed by atoms with E-state index in [1.807, 2.05) is 30.3 Å². The fourth-order valence-electron chi connectivity index (χ4n) is 2.18. The molecule has 0 spiro atoms. The lowest BCUT2D eigenvalue weighted by Gasteiger charge is -2.21. The third kappa shape index (κ3) is 3.32. The predicted molar refractivity (Wildman–Crippen MR) is 68.4 cm³/mol. The molecule has 1 heterocycles. The first-order valence-corrected chi connectivity index (χ1v) is 6.25. The van der Waals surface area contributed by atoms with Crippen LogP contribution < -0.4 is 0 Å².